The van der Waals surface area contributed by atoms with Gasteiger partial charge in [0.05, 0.1) is 27.1 Å². The Morgan fingerprint density at radius 1 is 0.955 bits per heavy atom. The van der Waals surface area contributed by atoms with Gasteiger partial charge >= 0.3 is 29.6 Å². The average molecular weight is 936 g/mol. The number of hydrogen-bond donors (Lipinski definition) is 5. The summed E-state index contributed by atoms with van der Waals surface area (Å²) in [6, 6.07) is 30.7. The van der Waals surface area contributed by atoms with Gasteiger partial charge in [0.2, 0.25) is 5.72 Å². The number of nitrogens with two attached hydrogens (primary N) is 2. The number of aliphatic hydroxyl groups is 2. The predicted octanol–water partition coefficient (Wildman–Crippen LogP) is 5.20. The molecule has 0 aromatic heterocycles. The second kappa shape index (κ2) is 20.4. The van der Waals surface area contributed by atoms with Crippen LogP contribution in [0.2, 0.25) is 0 Å². The van der Waals surface area contributed by atoms with E-state index in [0.29, 0.717) is 68.2 Å². The molecule has 8 bridgehead atoms. The number of hydrogen-bond acceptors (Lipinski definition) is 9. The number of aliphatic hydroxyl groups excluding tert-OH is 1. The zero-order chi connectivity index (χ0) is 46.2. The monoisotopic (exact) mass is 935 g/mol. The van der Waals surface area contributed by atoms with E-state index in [2.05, 4.69) is 24.0 Å². The van der Waals surface area contributed by atoms with E-state index >= 15 is 0 Å². The van der Waals surface area contributed by atoms with Crippen molar-refractivity contribution >= 4 is 16.1 Å². The molecule has 1 saturated heterocycles. The fraction of sp³-hybridized carbons (Fsp3) is 0.463. The number of allylic oxidation sites excluding steroid dienone is 1. The fourth-order valence-corrected chi connectivity index (χ4v) is 13.3. The van der Waals surface area contributed by atoms with Crippen molar-refractivity contribution in [3.63, 3.8) is 0 Å². The van der Waals surface area contributed by atoms with Crippen molar-refractivity contribution in [2.75, 3.05) is 6.61 Å². The third kappa shape index (κ3) is 10.6. The maximum Gasteiger partial charge on any atom is 1.00 e. The van der Waals surface area contributed by atoms with Gasteiger partial charge in [0, 0.05) is 36.1 Å². The number of ether oxygens (including phenoxy) is 2. The van der Waals surface area contributed by atoms with Crippen LogP contribution in [0.15, 0.2) is 114 Å². The van der Waals surface area contributed by atoms with E-state index < -0.39 is 44.6 Å². The summed E-state index contributed by atoms with van der Waals surface area (Å²) in [5.74, 6) is 4.82. The zero-order valence-corrected chi connectivity index (χ0v) is 41.4. The third-order valence-corrected chi connectivity index (χ3v) is 16.7. The van der Waals surface area contributed by atoms with Gasteiger partial charge in [-0.3, -0.25) is 0 Å². The summed E-state index contributed by atoms with van der Waals surface area (Å²) in [6.07, 6.45) is 7.80. The molecular formula is C54H62N3NaO8S. The van der Waals surface area contributed by atoms with E-state index in [9.17, 15) is 28.3 Å². The van der Waals surface area contributed by atoms with E-state index in [1.165, 1.54) is 0 Å². The second-order valence-electron chi connectivity index (χ2n) is 19.6. The summed E-state index contributed by atoms with van der Waals surface area (Å²) in [5, 5.41) is 32.3. The predicted molar refractivity (Wildman–Crippen MR) is 253 cm³/mol. The summed E-state index contributed by atoms with van der Waals surface area (Å²) in [5.41, 5.74) is 16.0. The van der Waals surface area contributed by atoms with Crippen molar-refractivity contribution in [2.45, 2.75) is 125 Å². The van der Waals surface area contributed by atoms with Crippen molar-refractivity contribution < 1.29 is 67.3 Å². The molecule has 2 fully saturated rings. The maximum absolute atomic E-state index is 13.9. The first-order valence-corrected chi connectivity index (χ1v) is 25.2. The maximum atomic E-state index is 13.9. The van der Waals surface area contributed by atoms with Gasteiger partial charge in [-0.1, -0.05) is 110 Å². The second-order valence-corrected chi connectivity index (χ2v) is 21.2. The number of phenolic OH excluding ortho intramolecular Hbond substituents is 1. The van der Waals surface area contributed by atoms with Crippen LogP contribution in [0.5, 0.6) is 11.5 Å². The quantitative estimate of drug-likeness (QED) is 0.0371. The largest absolute Gasteiger partial charge is 1.00 e. The van der Waals surface area contributed by atoms with Crippen LogP contribution >= 0.6 is 0 Å². The molecule has 4 aromatic carbocycles. The molecule has 1 saturated carbocycles. The third-order valence-electron chi connectivity index (χ3n) is 15.4. The summed E-state index contributed by atoms with van der Waals surface area (Å²) < 4.78 is 56.0. The Kier molecular flexibility index (Phi) is 15.0. The van der Waals surface area contributed by atoms with Crippen LogP contribution in [0, 0.1) is 35.5 Å². The molecule has 0 spiro atoms. The number of fused-ring (bicyclic) bond motifs is 7. The van der Waals surface area contributed by atoms with Crippen LogP contribution in [0.3, 0.4) is 0 Å². The van der Waals surface area contributed by atoms with Crippen LogP contribution in [0.1, 0.15) is 129 Å². The molecule has 0 radical (unpaired) electrons. The number of benzene rings is 4. The standard InChI is InChI=1S/C54H63N3O8S.Na/c1-2-36-31-49(66(61,62)63)48-30-41-27-40(29-46-26-35(33-58)11-8-12-39-28-44(59)19-22-47(39)51(41)64-46)50(48)38-13-17-42(18-14-38)54(57-52(55)56,65-45-20-15-37(36)16-21-45)32-43(53(60)23-6-7-24-53)25-34-9-4-3-5-10-34;/h3-5,9-10,13-22,28,30,35-36,40,43,46,48-51,58-60H,2,6-7,11,23-27,29,31-33H2,1H3,(H4,55,56,57)(H,61,62,63);/q;+1/p-1/t35-,36+,40+,43-,46-,48-,49-,50+,51-,54-;/m1./s1. The molecule has 2 aliphatic carbocycles. The van der Waals surface area contributed by atoms with Gasteiger partial charge in [-0.05, 0) is 133 Å². The molecule has 6 aliphatic heterocycles. The summed E-state index contributed by atoms with van der Waals surface area (Å²) in [7, 11) is -4.90. The van der Waals surface area contributed by atoms with E-state index in [1.54, 1.807) is 12.1 Å². The van der Waals surface area contributed by atoms with Gasteiger partial charge in [-0.25, -0.2) is 13.4 Å². The van der Waals surface area contributed by atoms with E-state index in [4.69, 9.17) is 25.9 Å². The molecule has 348 valence electrons. The number of rotatable bonds is 9. The Balaban J connectivity index is 0.00000608. The van der Waals surface area contributed by atoms with Gasteiger partial charge in [-0.2, -0.15) is 0 Å². The number of nitrogens with zero attached hydrogens (tertiary/aromatic N) is 1. The van der Waals surface area contributed by atoms with E-state index in [0.717, 1.165) is 40.7 Å². The first kappa shape index (κ1) is 49.3. The number of guanidine groups is 1. The molecule has 6 heterocycles. The van der Waals surface area contributed by atoms with Crippen LogP contribution in [0.4, 0.5) is 0 Å². The van der Waals surface area contributed by atoms with Crippen LogP contribution < -0.4 is 45.8 Å². The number of aromatic hydroxyl groups is 1. The number of phenols is 1. The Hall–Kier alpha value is -4.16. The minimum Gasteiger partial charge on any atom is -0.748 e. The van der Waals surface area contributed by atoms with Crippen molar-refractivity contribution in [3.8, 4) is 23.3 Å². The molecule has 0 unspecified atom stereocenters. The van der Waals surface area contributed by atoms with Gasteiger partial charge in [-0.15, -0.1) is 0 Å². The van der Waals surface area contributed by atoms with Crippen molar-refractivity contribution in [2.24, 2.45) is 40.1 Å². The fourth-order valence-electron chi connectivity index (χ4n) is 12.2. The molecule has 67 heavy (non-hydrogen) atoms. The molecule has 12 rings (SSSR count). The number of aliphatic imine (C=N–C) groups is 1. The molecule has 0 amide bonds. The Labute approximate surface area is 417 Å². The summed E-state index contributed by atoms with van der Waals surface area (Å²) in [4.78, 5) is 4.96. The van der Waals surface area contributed by atoms with Crippen LogP contribution in [-0.2, 0) is 27.0 Å². The van der Waals surface area contributed by atoms with Crippen molar-refractivity contribution in [3.05, 3.63) is 142 Å². The van der Waals surface area contributed by atoms with Gasteiger partial charge < -0.3 is 40.8 Å². The van der Waals surface area contributed by atoms with Crippen LogP contribution in [-0.4, -0.2) is 57.8 Å². The zero-order valence-electron chi connectivity index (χ0n) is 38.6. The minimum absolute atomic E-state index is 0. The smallest absolute Gasteiger partial charge is 0.748 e. The molecule has 7 N–H and O–H groups in total. The summed E-state index contributed by atoms with van der Waals surface area (Å²) >= 11 is 0. The Morgan fingerprint density at radius 3 is 2.34 bits per heavy atom. The topological polar surface area (TPSA) is 201 Å². The van der Waals surface area contributed by atoms with Crippen molar-refractivity contribution in [1.82, 2.24) is 0 Å². The Bertz CT molecular complexity index is 2600. The van der Waals surface area contributed by atoms with Gasteiger partial charge in [0.25, 0.3) is 0 Å². The van der Waals surface area contributed by atoms with Gasteiger partial charge in [0.15, 0.2) is 5.96 Å². The molecule has 8 aliphatic rings. The average Bonchev–Trinajstić information content (AvgIpc) is 3.69. The molecule has 4 aromatic rings. The molecule has 13 heteroatoms. The molecule has 10 atom stereocenters. The SMILES string of the molecule is CC[C@H]1C[C@@H](S(=O)(=O)[O-])[C@H]2C=C3C[C@@H](C[C@H]4C[C@H](CO)CC#Cc5cc(O)ccc5[C@@H]3O4)[C@@H]2c2ccc(cc2)[C@](C[C@@H](Cc2ccccc2)C2(O)CCCC2)(N=C(N)N)Oc2ccc1cc2.[Na+]. The van der Waals surface area contributed by atoms with Crippen LogP contribution in [0.25, 0.3) is 0 Å². The summed E-state index contributed by atoms with van der Waals surface area (Å²) in [6.45, 7) is 1.93. The van der Waals surface area contributed by atoms with Crippen molar-refractivity contribution in [1.29, 1.82) is 0 Å². The van der Waals surface area contributed by atoms with Gasteiger partial charge in [0.1, 0.15) is 17.6 Å². The van der Waals surface area contributed by atoms with E-state index in [-0.39, 0.29) is 90.5 Å². The molecule has 11 nitrogen and oxygen atoms in total. The first-order valence-electron chi connectivity index (χ1n) is 23.7. The minimum atomic E-state index is -4.90. The Morgan fingerprint density at radius 2 is 1.67 bits per heavy atom. The van der Waals surface area contributed by atoms with E-state index in [1.807, 2.05) is 85.8 Å². The molecular weight excluding hydrogens is 874 g/mol. The first-order chi connectivity index (χ1) is 31.7. The normalized spacial score (nSPS) is 29.0.